The van der Waals surface area contributed by atoms with Crippen LogP contribution < -0.4 is 5.32 Å². The summed E-state index contributed by atoms with van der Waals surface area (Å²) in [6, 6.07) is 9.45. The lowest BCUT2D eigenvalue weighted by Gasteiger charge is -2.21. The fourth-order valence-electron chi connectivity index (χ4n) is 2.75. The van der Waals surface area contributed by atoms with Crippen molar-refractivity contribution in [3.8, 4) is 10.8 Å². The Morgan fingerprint density at radius 3 is 2.33 bits per heavy atom. The molecule has 2 heterocycles. The van der Waals surface area contributed by atoms with Crippen LogP contribution in [0.1, 0.15) is 37.0 Å². The summed E-state index contributed by atoms with van der Waals surface area (Å²) in [5.41, 5.74) is 0.283. The number of halogens is 1. The first-order valence-electron chi connectivity index (χ1n) is 9.36. The number of aromatic nitrogens is 2. The van der Waals surface area contributed by atoms with Gasteiger partial charge in [0, 0.05) is 18.7 Å². The molecule has 0 unspecified atom stereocenters. The minimum atomic E-state index is -3.59. The molecule has 1 amide bonds. The third kappa shape index (κ3) is 5.15. The summed E-state index contributed by atoms with van der Waals surface area (Å²) in [7, 11) is -3.59. The van der Waals surface area contributed by atoms with Gasteiger partial charge in [-0.05, 0) is 65.2 Å². The largest absolute Gasteiger partial charge is 0.402 e. The summed E-state index contributed by atoms with van der Waals surface area (Å²) >= 11 is 4.80. The topological polar surface area (TPSA) is 105 Å². The second-order valence-electron chi connectivity index (χ2n) is 6.40. The van der Waals surface area contributed by atoms with Gasteiger partial charge in [0.05, 0.1) is 13.6 Å². The molecule has 0 spiro atoms. The summed E-state index contributed by atoms with van der Waals surface area (Å²) in [5.74, 6) is -0.171. The van der Waals surface area contributed by atoms with Gasteiger partial charge in [-0.2, -0.15) is 4.31 Å². The van der Waals surface area contributed by atoms with Crippen LogP contribution in [0, 0.1) is 0 Å². The predicted molar refractivity (Wildman–Crippen MR) is 119 cm³/mol. The molecule has 0 aliphatic carbocycles. The Morgan fingerprint density at radius 2 is 1.77 bits per heavy atom. The predicted octanol–water partition coefficient (Wildman–Crippen LogP) is 4.62. The zero-order valence-corrected chi connectivity index (χ0v) is 19.7. The first kappa shape index (κ1) is 22.6. The molecule has 11 heteroatoms. The van der Waals surface area contributed by atoms with Crippen LogP contribution in [-0.2, 0) is 10.0 Å². The second kappa shape index (κ2) is 9.82. The zero-order chi connectivity index (χ0) is 21.7. The van der Waals surface area contributed by atoms with Gasteiger partial charge in [-0.1, -0.05) is 18.9 Å². The van der Waals surface area contributed by atoms with Crippen LogP contribution in [0.3, 0.4) is 0 Å². The second-order valence-corrected chi connectivity index (χ2v) is 10.8. The fraction of sp³-hybridized carbons (Fsp3) is 0.316. The first-order valence-corrected chi connectivity index (χ1v) is 12.4. The maximum atomic E-state index is 12.8. The van der Waals surface area contributed by atoms with Gasteiger partial charge in [-0.3, -0.25) is 10.1 Å². The van der Waals surface area contributed by atoms with Gasteiger partial charge in [0.1, 0.15) is 0 Å². The Hall–Kier alpha value is -2.08. The van der Waals surface area contributed by atoms with E-state index in [-0.39, 0.29) is 16.5 Å². The lowest BCUT2D eigenvalue weighted by atomic mass is 10.2. The van der Waals surface area contributed by atoms with Crippen molar-refractivity contribution in [2.45, 2.75) is 31.6 Å². The molecule has 0 aliphatic heterocycles. The van der Waals surface area contributed by atoms with Crippen molar-refractivity contribution in [2.75, 3.05) is 18.4 Å². The molecule has 8 nitrogen and oxygen atoms in total. The van der Waals surface area contributed by atoms with Crippen molar-refractivity contribution in [3.63, 3.8) is 0 Å². The molecule has 1 N–H and O–H groups in total. The van der Waals surface area contributed by atoms with Crippen LogP contribution in [0.15, 0.2) is 49.5 Å². The quantitative estimate of drug-likeness (QED) is 0.448. The number of nitrogens with one attached hydrogen (secondary N) is 1. The van der Waals surface area contributed by atoms with E-state index in [1.165, 1.54) is 39.9 Å². The number of hydrogen-bond acceptors (Lipinski definition) is 7. The minimum Gasteiger partial charge on any atom is -0.402 e. The van der Waals surface area contributed by atoms with E-state index in [0.29, 0.717) is 19.0 Å². The van der Waals surface area contributed by atoms with Crippen molar-refractivity contribution in [1.29, 1.82) is 0 Å². The molecule has 0 fully saturated rings. The Labute approximate surface area is 187 Å². The Kier molecular flexibility index (Phi) is 7.40. The molecule has 0 aliphatic rings. The molecule has 0 saturated carbocycles. The van der Waals surface area contributed by atoms with Crippen molar-refractivity contribution in [1.82, 2.24) is 14.5 Å². The lowest BCUT2D eigenvalue weighted by molar-refractivity contribution is 0.102. The average molecular weight is 513 g/mol. The number of carbonyl (C=O) groups excluding carboxylic acids is 1. The van der Waals surface area contributed by atoms with E-state index in [4.69, 9.17) is 4.42 Å². The summed E-state index contributed by atoms with van der Waals surface area (Å²) < 4.78 is 33.5. The molecule has 2 aromatic heterocycles. The number of anilines is 1. The van der Waals surface area contributed by atoms with Gasteiger partial charge < -0.3 is 4.42 Å². The highest BCUT2D eigenvalue weighted by Gasteiger charge is 2.23. The van der Waals surface area contributed by atoms with Crippen LogP contribution in [-0.4, -0.2) is 41.9 Å². The van der Waals surface area contributed by atoms with Gasteiger partial charge in [0.15, 0.2) is 0 Å². The van der Waals surface area contributed by atoms with E-state index >= 15 is 0 Å². The maximum absolute atomic E-state index is 12.8. The lowest BCUT2D eigenvalue weighted by Crippen LogP contribution is -2.32. The third-order valence-corrected chi connectivity index (χ3v) is 7.65. The van der Waals surface area contributed by atoms with E-state index in [2.05, 4.69) is 31.4 Å². The highest BCUT2D eigenvalue weighted by atomic mass is 79.9. The van der Waals surface area contributed by atoms with Gasteiger partial charge in [-0.15, -0.1) is 16.4 Å². The van der Waals surface area contributed by atoms with Crippen LogP contribution in [0.2, 0.25) is 0 Å². The normalized spacial score (nSPS) is 11.7. The number of amides is 1. The summed E-state index contributed by atoms with van der Waals surface area (Å²) in [6.45, 7) is 4.79. The SMILES string of the molecule is CCCN(CCC)S(=O)(=O)c1ccc(C(=O)Nc2nnc(-c3ccc(Br)s3)o2)cc1. The molecule has 0 saturated heterocycles. The maximum Gasteiger partial charge on any atom is 0.322 e. The molecule has 0 radical (unpaired) electrons. The molecule has 0 atom stereocenters. The van der Waals surface area contributed by atoms with Gasteiger partial charge in [-0.25, -0.2) is 8.42 Å². The molecule has 3 rings (SSSR count). The molecule has 30 heavy (non-hydrogen) atoms. The van der Waals surface area contributed by atoms with Gasteiger partial charge in [0.25, 0.3) is 11.8 Å². The zero-order valence-electron chi connectivity index (χ0n) is 16.5. The summed E-state index contributed by atoms with van der Waals surface area (Å²) in [5, 5.41) is 10.3. The number of carbonyl (C=O) groups is 1. The molecular weight excluding hydrogens is 492 g/mol. The van der Waals surface area contributed by atoms with Crippen molar-refractivity contribution < 1.29 is 17.6 Å². The van der Waals surface area contributed by atoms with E-state index in [1.807, 2.05) is 26.0 Å². The van der Waals surface area contributed by atoms with E-state index < -0.39 is 15.9 Å². The number of sulfonamides is 1. The number of thiophene rings is 1. The Balaban J connectivity index is 1.71. The van der Waals surface area contributed by atoms with Crippen molar-refractivity contribution in [2.24, 2.45) is 0 Å². The Morgan fingerprint density at radius 1 is 1.10 bits per heavy atom. The smallest absolute Gasteiger partial charge is 0.322 e. The monoisotopic (exact) mass is 512 g/mol. The number of benzene rings is 1. The Bertz CT molecular complexity index is 1100. The summed E-state index contributed by atoms with van der Waals surface area (Å²) in [6.07, 6.45) is 1.46. The van der Waals surface area contributed by atoms with Crippen LogP contribution in [0.5, 0.6) is 0 Å². The fourth-order valence-corrected chi connectivity index (χ4v) is 5.68. The first-order chi connectivity index (χ1) is 14.3. The molecule has 3 aromatic rings. The van der Waals surface area contributed by atoms with E-state index in [0.717, 1.165) is 21.5 Å². The van der Waals surface area contributed by atoms with Crippen molar-refractivity contribution in [3.05, 3.63) is 45.7 Å². The third-order valence-electron chi connectivity index (χ3n) is 4.13. The van der Waals surface area contributed by atoms with E-state index in [9.17, 15) is 13.2 Å². The molecule has 160 valence electrons. The molecule has 1 aromatic carbocycles. The number of rotatable bonds is 9. The molecule has 0 bridgehead atoms. The molecular formula is C19H21BrN4O4S2. The van der Waals surface area contributed by atoms with Crippen molar-refractivity contribution >= 4 is 49.2 Å². The van der Waals surface area contributed by atoms with Crippen LogP contribution in [0.4, 0.5) is 6.01 Å². The minimum absolute atomic E-state index is 0.0340. The highest BCUT2D eigenvalue weighted by Crippen LogP contribution is 2.31. The average Bonchev–Trinajstić information content (AvgIpc) is 3.36. The van der Waals surface area contributed by atoms with Gasteiger partial charge in [0.2, 0.25) is 10.0 Å². The van der Waals surface area contributed by atoms with Crippen LogP contribution in [0.25, 0.3) is 10.8 Å². The summed E-state index contributed by atoms with van der Waals surface area (Å²) in [4.78, 5) is 13.4. The highest BCUT2D eigenvalue weighted by molar-refractivity contribution is 9.11. The number of hydrogen-bond donors (Lipinski definition) is 1. The van der Waals surface area contributed by atoms with Crippen LogP contribution >= 0.6 is 27.3 Å². The number of nitrogens with zero attached hydrogens (tertiary/aromatic N) is 3. The van der Waals surface area contributed by atoms with Gasteiger partial charge >= 0.3 is 6.01 Å². The standard InChI is InChI=1S/C19H21BrN4O4S2/c1-3-11-24(12-4-2)30(26,27)14-7-5-13(6-8-14)17(25)21-19-23-22-18(28-19)15-9-10-16(20)29-15/h5-10H,3-4,11-12H2,1-2H3,(H,21,23,25). The van der Waals surface area contributed by atoms with E-state index in [1.54, 1.807) is 0 Å².